The fourth-order valence-corrected chi connectivity index (χ4v) is 8.81. The van der Waals surface area contributed by atoms with Crippen molar-refractivity contribution in [3.63, 3.8) is 0 Å². The molecular weight excluding hydrogens is 380 g/mol. The first kappa shape index (κ1) is 21.7. The third-order valence-corrected chi connectivity index (χ3v) is 11.0. The molecule has 1 saturated heterocycles. The van der Waals surface area contributed by atoms with Crippen LogP contribution >= 0.6 is 0 Å². The second kappa shape index (κ2) is 8.82. The van der Waals surface area contributed by atoms with Crippen LogP contribution in [0.25, 0.3) is 0 Å². The van der Waals surface area contributed by atoms with Crippen LogP contribution in [0.4, 0.5) is 0 Å². The highest BCUT2D eigenvalue weighted by atomic mass is 28.4. The van der Waals surface area contributed by atoms with Crippen LogP contribution in [0.1, 0.15) is 40.5 Å². The summed E-state index contributed by atoms with van der Waals surface area (Å²) >= 11 is 0. The van der Waals surface area contributed by atoms with Gasteiger partial charge < -0.3 is 14.3 Å². The molecule has 1 N–H and O–H groups in total. The third kappa shape index (κ3) is 4.47. The summed E-state index contributed by atoms with van der Waals surface area (Å²) in [4.78, 5) is 12.0. The molecule has 29 heavy (non-hydrogen) atoms. The maximum Gasteiger partial charge on any atom is 0.311 e. The van der Waals surface area contributed by atoms with Crippen molar-refractivity contribution < 1.29 is 19.1 Å². The topological polar surface area (TPSA) is 55.8 Å². The fourth-order valence-electron chi connectivity index (χ4n) is 4.23. The molecule has 1 fully saturated rings. The van der Waals surface area contributed by atoms with E-state index in [-0.39, 0.29) is 17.1 Å². The molecule has 4 nitrogen and oxygen atoms in total. The van der Waals surface area contributed by atoms with Gasteiger partial charge in [0.1, 0.15) is 6.10 Å². The summed E-state index contributed by atoms with van der Waals surface area (Å²) in [6, 6.07) is 21.0. The molecule has 156 valence electrons. The monoisotopic (exact) mass is 412 g/mol. The van der Waals surface area contributed by atoms with Crippen LogP contribution in [0.2, 0.25) is 5.04 Å². The van der Waals surface area contributed by atoms with E-state index < -0.39 is 20.3 Å². The maximum absolute atomic E-state index is 12.0. The van der Waals surface area contributed by atoms with Gasteiger partial charge in [-0.3, -0.25) is 4.79 Å². The number of hydrogen-bond acceptors (Lipinski definition) is 4. The molecule has 5 heteroatoms. The van der Waals surface area contributed by atoms with Gasteiger partial charge in [0.2, 0.25) is 0 Å². The van der Waals surface area contributed by atoms with Gasteiger partial charge in [-0.25, -0.2) is 0 Å². The molecule has 3 rings (SSSR count). The van der Waals surface area contributed by atoms with Gasteiger partial charge in [-0.2, -0.15) is 0 Å². The molecule has 0 spiro atoms. The van der Waals surface area contributed by atoms with E-state index in [1.807, 2.05) is 12.1 Å². The molecule has 0 aliphatic carbocycles. The Morgan fingerprint density at radius 2 is 1.55 bits per heavy atom. The Morgan fingerprint density at radius 1 is 1.03 bits per heavy atom. The molecule has 0 bridgehead atoms. The summed E-state index contributed by atoms with van der Waals surface area (Å²) in [5, 5.41) is 12.5. The van der Waals surface area contributed by atoms with Crippen molar-refractivity contribution in [1.29, 1.82) is 0 Å². The van der Waals surface area contributed by atoms with E-state index in [0.29, 0.717) is 19.4 Å². The van der Waals surface area contributed by atoms with Crippen LogP contribution in [-0.2, 0) is 14.0 Å². The molecule has 1 aliphatic rings. The maximum atomic E-state index is 12.0. The second-order valence-corrected chi connectivity index (χ2v) is 13.3. The number of benzene rings is 2. The van der Waals surface area contributed by atoms with E-state index in [9.17, 15) is 9.90 Å². The zero-order valence-electron chi connectivity index (χ0n) is 17.8. The summed E-state index contributed by atoms with van der Waals surface area (Å²) in [6.07, 6.45) is 0.109. The van der Waals surface area contributed by atoms with Gasteiger partial charge in [0.25, 0.3) is 8.32 Å². The molecule has 1 aliphatic heterocycles. The predicted molar refractivity (Wildman–Crippen MR) is 118 cm³/mol. The summed E-state index contributed by atoms with van der Waals surface area (Å²) in [5.74, 6) is -0.775. The number of aliphatic hydroxyl groups is 1. The van der Waals surface area contributed by atoms with Crippen LogP contribution in [0, 0.1) is 5.92 Å². The van der Waals surface area contributed by atoms with E-state index >= 15 is 0 Å². The number of ether oxygens (including phenoxy) is 1. The number of carbonyl (C=O) groups is 1. The van der Waals surface area contributed by atoms with Crippen molar-refractivity contribution in [2.45, 2.75) is 57.8 Å². The predicted octanol–water partition coefficient (Wildman–Crippen LogP) is 3.27. The Balaban J connectivity index is 1.87. The molecule has 3 atom stereocenters. The van der Waals surface area contributed by atoms with Crippen molar-refractivity contribution in [3.8, 4) is 0 Å². The summed E-state index contributed by atoms with van der Waals surface area (Å²) in [7, 11) is -2.58. The molecule has 1 heterocycles. The molecule has 0 unspecified atom stereocenters. The molecule has 0 aromatic heterocycles. The minimum Gasteiger partial charge on any atom is -0.462 e. The van der Waals surface area contributed by atoms with Crippen molar-refractivity contribution >= 4 is 24.7 Å². The highest BCUT2D eigenvalue weighted by Crippen LogP contribution is 2.37. The van der Waals surface area contributed by atoms with Gasteiger partial charge in [-0.05, 0) is 22.3 Å². The van der Waals surface area contributed by atoms with Crippen LogP contribution < -0.4 is 10.4 Å². The number of carbonyl (C=O) groups excluding carboxylic acids is 1. The van der Waals surface area contributed by atoms with Crippen LogP contribution in [0.3, 0.4) is 0 Å². The Hall–Kier alpha value is -1.95. The Bertz CT molecular complexity index is 761. The van der Waals surface area contributed by atoms with Gasteiger partial charge in [0, 0.05) is 19.4 Å². The fraction of sp³-hybridized carbons (Fsp3) is 0.458. The van der Waals surface area contributed by atoms with Gasteiger partial charge in [-0.1, -0.05) is 81.4 Å². The van der Waals surface area contributed by atoms with Gasteiger partial charge in [0.05, 0.1) is 12.0 Å². The first-order valence-corrected chi connectivity index (χ1v) is 12.3. The molecular formula is C24H32O4Si. The third-order valence-electron chi connectivity index (χ3n) is 5.91. The van der Waals surface area contributed by atoms with Gasteiger partial charge in [-0.15, -0.1) is 0 Å². The highest BCUT2D eigenvalue weighted by molar-refractivity contribution is 6.99. The largest absolute Gasteiger partial charge is 0.462 e. The van der Waals surface area contributed by atoms with E-state index in [0.717, 1.165) is 0 Å². The summed E-state index contributed by atoms with van der Waals surface area (Å²) < 4.78 is 12.3. The smallest absolute Gasteiger partial charge is 0.311 e. The standard InChI is InChI=1S/C24H32O4Si/c1-18-22(25)17-19(28-23(18)26)15-16-27-29(24(2,3)4,20-11-7-5-8-12-20)21-13-9-6-10-14-21/h5-14,18-19,22,25H,15-17H2,1-4H3/t18-,19+,22+/m1/s1. The van der Waals surface area contributed by atoms with Crippen molar-refractivity contribution in [2.24, 2.45) is 5.92 Å². The molecule has 2 aromatic carbocycles. The second-order valence-electron chi connectivity index (χ2n) is 8.95. The van der Waals surface area contributed by atoms with Crippen molar-refractivity contribution in [2.75, 3.05) is 6.61 Å². The number of cyclic esters (lactones) is 1. The first-order chi connectivity index (χ1) is 13.8. The van der Waals surface area contributed by atoms with Gasteiger partial charge >= 0.3 is 5.97 Å². The average Bonchev–Trinajstić information content (AvgIpc) is 2.70. The zero-order valence-corrected chi connectivity index (χ0v) is 18.8. The Morgan fingerprint density at radius 3 is 2.00 bits per heavy atom. The molecule has 0 amide bonds. The first-order valence-electron chi connectivity index (χ1n) is 10.4. The number of hydrogen-bond donors (Lipinski definition) is 1. The lowest BCUT2D eigenvalue weighted by Gasteiger charge is -2.43. The molecule has 0 saturated carbocycles. The number of rotatable bonds is 6. The van der Waals surface area contributed by atoms with E-state index in [4.69, 9.17) is 9.16 Å². The Kier molecular flexibility index (Phi) is 6.61. The van der Waals surface area contributed by atoms with E-state index in [1.54, 1.807) is 6.92 Å². The average molecular weight is 413 g/mol. The van der Waals surface area contributed by atoms with Crippen LogP contribution in [-0.4, -0.2) is 38.2 Å². The van der Waals surface area contributed by atoms with Gasteiger partial charge in [0.15, 0.2) is 0 Å². The quantitative estimate of drug-likeness (QED) is 0.584. The molecule has 2 aromatic rings. The summed E-state index contributed by atoms with van der Waals surface area (Å²) in [6.45, 7) is 8.91. The SMILES string of the molecule is C[C@H]1C(=O)O[C@@H](CCO[Si](c2ccccc2)(c2ccccc2)C(C)(C)C)C[C@@H]1O. The number of esters is 1. The molecule has 0 radical (unpaired) electrons. The van der Waals surface area contributed by atoms with Crippen LogP contribution in [0.5, 0.6) is 0 Å². The van der Waals surface area contributed by atoms with Crippen molar-refractivity contribution in [1.82, 2.24) is 0 Å². The number of aliphatic hydroxyl groups excluding tert-OH is 1. The minimum absolute atomic E-state index is 0.0903. The van der Waals surface area contributed by atoms with E-state index in [1.165, 1.54) is 10.4 Å². The Labute approximate surface area is 175 Å². The van der Waals surface area contributed by atoms with Crippen molar-refractivity contribution in [3.05, 3.63) is 60.7 Å². The normalized spacial score (nSPS) is 22.9. The minimum atomic E-state index is -2.58. The van der Waals surface area contributed by atoms with E-state index in [2.05, 4.69) is 69.3 Å². The van der Waals surface area contributed by atoms with Crippen LogP contribution in [0.15, 0.2) is 60.7 Å². The lowest BCUT2D eigenvalue weighted by atomic mass is 9.95. The lowest BCUT2D eigenvalue weighted by Crippen LogP contribution is -2.66. The summed E-state index contributed by atoms with van der Waals surface area (Å²) in [5.41, 5.74) is 0. The zero-order chi connectivity index (χ0) is 21.1. The highest BCUT2D eigenvalue weighted by Gasteiger charge is 2.50. The lowest BCUT2D eigenvalue weighted by molar-refractivity contribution is -0.169.